The van der Waals surface area contributed by atoms with Crippen molar-refractivity contribution in [1.29, 1.82) is 5.26 Å². The Balaban J connectivity index is 0. The zero-order valence-corrected chi connectivity index (χ0v) is 3.23. The van der Waals surface area contributed by atoms with Gasteiger partial charge in [0.1, 0.15) is 0 Å². The SMILES string of the molecule is N#C[NH-].[Ag+]. The molecule has 0 heterocycles. The number of nitrogens with zero attached hydrogens (tertiary/aromatic N) is 1. The van der Waals surface area contributed by atoms with Crippen LogP contribution >= 0.6 is 0 Å². The van der Waals surface area contributed by atoms with Crippen LogP contribution in [0.3, 0.4) is 0 Å². The van der Waals surface area contributed by atoms with Crippen LogP contribution in [-0.4, -0.2) is 0 Å². The number of hydrogen-bond donors (Lipinski definition) is 0. The molecule has 0 atom stereocenters. The Morgan fingerprint density at radius 1 is 1.75 bits per heavy atom. The van der Waals surface area contributed by atoms with E-state index in [2.05, 4.69) is 0 Å². The van der Waals surface area contributed by atoms with E-state index < -0.39 is 0 Å². The second kappa shape index (κ2) is 11.8. The molecule has 0 aromatic heterocycles. The van der Waals surface area contributed by atoms with Crippen LogP contribution in [0.2, 0.25) is 0 Å². The Kier molecular flexibility index (Phi) is 26.4. The summed E-state index contributed by atoms with van der Waals surface area (Å²) in [6, 6.07) is 0. The van der Waals surface area contributed by atoms with Gasteiger partial charge in [-0.15, -0.1) is 0 Å². The summed E-state index contributed by atoms with van der Waals surface area (Å²) in [4.78, 5) is 0. The molecule has 0 rings (SSSR count). The van der Waals surface area contributed by atoms with Gasteiger partial charge in [-0.3, -0.25) is 0 Å². The average Bonchev–Trinajstić information content (AvgIpc) is 0.918. The van der Waals surface area contributed by atoms with E-state index in [4.69, 9.17) is 11.0 Å². The van der Waals surface area contributed by atoms with Gasteiger partial charge in [-0.25, -0.2) is 0 Å². The van der Waals surface area contributed by atoms with E-state index in [9.17, 15) is 0 Å². The van der Waals surface area contributed by atoms with E-state index >= 15 is 0 Å². The molecule has 0 aromatic rings. The molecule has 0 aliphatic heterocycles. The fourth-order valence-corrected chi connectivity index (χ4v) is 0. The van der Waals surface area contributed by atoms with Crippen LogP contribution in [0, 0.1) is 11.5 Å². The van der Waals surface area contributed by atoms with Crippen molar-refractivity contribution in [3.8, 4) is 6.19 Å². The number of nitrogens with one attached hydrogen (secondary N) is 1. The molecule has 0 aromatic carbocycles. The molecule has 26 valence electrons. The summed E-state index contributed by atoms with van der Waals surface area (Å²) in [5.41, 5.74) is 5.51. The van der Waals surface area contributed by atoms with Crippen LogP contribution in [-0.2, 0) is 22.4 Å². The molecule has 4 heavy (non-hydrogen) atoms. The van der Waals surface area contributed by atoms with Crippen LogP contribution in [0.5, 0.6) is 0 Å². The van der Waals surface area contributed by atoms with Crippen molar-refractivity contribution < 1.29 is 22.4 Å². The molecule has 0 spiro atoms. The standard InChI is InChI=1S/CHN2.Ag/c2-1-3;/h2H;/q-1;+1. The third-order valence-electron chi connectivity index (χ3n) is 0. The minimum Gasteiger partial charge on any atom is -0.494 e. The van der Waals surface area contributed by atoms with E-state index in [0.717, 1.165) is 6.19 Å². The molecule has 0 aliphatic rings. The van der Waals surface area contributed by atoms with Crippen LogP contribution in [0.15, 0.2) is 0 Å². The molecule has 0 unspecified atom stereocenters. The number of hydrogen-bond acceptors (Lipinski definition) is 1. The van der Waals surface area contributed by atoms with E-state index in [1.807, 2.05) is 0 Å². The Bertz CT molecular complexity index is 27.5. The Hall–Kier alpha value is 0.0303. The van der Waals surface area contributed by atoms with Crippen LogP contribution in [0.4, 0.5) is 0 Å². The first-order valence-corrected chi connectivity index (χ1v) is 0.474. The van der Waals surface area contributed by atoms with Crippen molar-refractivity contribution in [3.63, 3.8) is 0 Å². The molecule has 3 heteroatoms. The van der Waals surface area contributed by atoms with E-state index in [0.29, 0.717) is 0 Å². The quantitative estimate of drug-likeness (QED) is 0.365. The third kappa shape index (κ3) is 2350. The number of nitriles is 1. The molecule has 0 bridgehead atoms. The smallest absolute Gasteiger partial charge is 0.494 e. The maximum Gasteiger partial charge on any atom is 1.00 e. The zero-order chi connectivity index (χ0) is 2.71. The molecule has 0 amide bonds. The van der Waals surface area contributed by atoms with Gasteiger partial charge in [-0.05, 0) is 0 Å². The predicted octanol–water partition coefficient (Wildman–Crippen LogP) is 0.517. The molecule has 0 saturated heterocycles. The van der Waals surface area contributed by atoms with Crippen molar-refractivity contribution in [3.05, 3.63) is 5.73 Å². The Morgan fingerprint density at radius 3 is 1.75 bits per heavy atom. The summed E-state index contributed by atoms with van der Waals surface area (Å²) < 4.78 is 0. The van der Waals surface area contributed by atoms with Crippen molar-refractivity contribution in [2.24, 2.45) is 0 Å². The summed E-state index contributed by atoms with van der Waals surface area (Å²) in [5.74, 6) is 0. The average molecular weight is 149 g/mol. The normalized spacial score (nSPS) is 1.75. The first kappa shape index (κ1) is 8.98. The van der Waals surface area contributed by atoms with Gasteiger partial charge >= 0.3 is 22.4 Å². The molecule has 0 fully saturated rings. The van der Waals surface area contributed by atoms with Gasteiger partial charge in [0.05, 0.1) is 0 Å². The molecular weight excluding hydrogens is 148 g/mol. The molecule has 2 nitrogen and oxygen atoms in total. The molecule has 1 N–H and O–H groups in total. The molecular formula is CHAgN2. The van der Waals surface area contributed by atoms with Gasteiger partial charge in [0.25, 0.3) is 0 Å². The number of rotatable bonds is 0. The Morgan fingerprint density at radius 2 is 1.75 bits per heavy atom. The van der Waals surface area contributed by atoms with Gasteiger partial charge in [0, 0.05) is 0 Å². The van der Waals surface area contributed by atoms with Crippen molar-refractivity contribution >= 4 is 0 Å². The fraction of sp³-hybridized carbons (Fsp3) is 0. The second-order valence-electron chi connectivity index (χ2n) is 0.112. The first-order chi connectivity index (χ1) is 1.41. The third-order valence-corrected chi connectivity index (χ3v) is 0. The van der Waals surface area contributed by atoms with Crippen LogP contribution < -0.4 is 0 Å². The zero-order valence-electron chi connectivity index (χ0n) is 1.75. The topological polar surface area (TPSA) is 47.6 Å². The molecule has 0 saturated carbocycles. The van der Waals surface area contributed by atoms with Gasteiger partial charge < -0.3 is 11.0 Å². The molecule has 0 aliphatic carbocycles. The van der Waals surface area contributed by atoms with Crippen molar-refractivity contribution in [2.45, 2.75) is 0 Å². The summed E-state index contributed by atoms with van der Waals surface area (Å²) in [5, 5.41) is 6.99. The van der Waals surface area contributed by atoms with E-state index in [1.54, 1.807) is 0 Å². The monoisotopic (exact) mass is 148 g/mol. The summed E-state index contributed by atoms with van der Waals surface area (Å²) in [6.07, 6.45) is 1.00. The first-order valence-electron chi connectivity index (χ1n) is 0.474. The summed E-state index contributed by atoms with van der Waals surface area (Å²) in [6.45, 7) is 0. The van der Waals surface area contributed by atoms with Crippen LogP contribution in [0.1, 0.15) is 0 Å². The predicted molar refractivity (Wildman–Crippen MR) is 9.93 cm³/mol. The van der Waals surface area contributed by atoms with Gasteiger partial charge in [0.2, 0.25) is 0 Å². The molecule has 0 radical (unpaired) electrons. The van der Waals surface area contributed by atoms with Crippen molar-refractivity contribution in [2.75, 3.05) is 0 Å². The Labute approximate surface area is 40.1 Å². The van der Waals surface area contributed by atoms with E-state index in [1.165, 1.54) is 0 Å². The summed E-state index contributed by atoms with van der Waals surface area (Å²) >= 11 is 0. The van der Waals surface area contributed by atoms with Gasteiger partial charge in [-0.2, -0.15) is 0 Å². The van der Waals surface area contributed by atoms with Gasteiger partial charge in [0.15, 0.2) is 0 Å². The second-order valence-corrected chi connectivity index (χ2v) is 0.112. The van der Waals surface area contributed by atoms with Crippen molar-refractivity contribution in [1.82, 2.24) is 0 Å². The maximum absolute atomic E-state index is 6.99. The largest absolute Gasteiger partial charge is 1.00 e. The maximum atomic E-state index is 6.99. The van der Waals surface area contributed by atoms with Crippen LogP contribution in [0.25, 0.3) is 5.73 Å². The minimum absolute atomic E-state index is 0. The van der Waals surface area contributed by atoms with E-state index in [-0.39, 0.29) is 22.4 Å². The minimum atomic E-state index is 0. The van der Waals surface area contributed by atoms with Gasteiger partial charge in [-0.1, -0.05) is 6.19 Å². The fourth-order valence-electron chi connectivity index (χ4n) is 0. The summed E-state index contributed by atoms with van der Waals surface area (Å²) in [7, 11) is 0.